The van der Waals surface area contributed by atoms with Crippen LogP contribution in [-0.2, 0) is 14.8 Å². The van der Waals surface area contributed by atoms with Gasteiger partial charge in [0.15, 0.2) is 11.0 Å². The molecule has 0 saturated carbocycles. The third-order valence-electron chi connectivity index (χ3n) is 4.63. The molecule has 34 heavy (non-hydrogen) atoms. The van der Waals surface area contributed by atoms with Gasteiger partial charge in [-0.2, -0.15) is 0 Å². The van der Waals surface area contributed by atoms with Gasteiger partial charge in [0.1, 0.15) is 0 Å². The minimum absolute atomic E-state index is 0.0329. The number of sulfonamides is 1. The zero-order valence-corrected chi connectivity index (χ0v) is 20.5. The van der Waals surface area contributed by atoms with Gasteiger partial charge in [0.25, 0.3) is 0 Å². The maximum atomic E-state index is 12.5. The Balaban J connectivity index is 1.56. The summed E-state index contributed by atoms with van der Waals surface area (Å²) >= 11 is 13.6. The van der Waals surface area contributed by atoms with Gasteiger partial charge < -0.3 is 5.32 Å². The fourth-order valence-corrected chi connectivity index (χ4v) is 4.67. The van der Waals surface area contributed by atoms with E-state index in [1.807, 2.05) is 30.3 Å². The molecule has 1 aromatic heterocycles. The number of anilines is 1. The van der Waals surface area contributed by atoms with Crippen molar-refractivity contribution in [3.05, 3.63) is 82.8 Å². The van der Waals surface area contributed by atoms with Gasteiger partial charge in [-0.1, -0.05) is 47.1 Å². The molecule has 0 fully saturated rings. The lowest BCUT2D eigenvalue weighted by molar-refractivity contribution is -0.113. The molecule has 0 aliphatic rings. The summed E-state index contributed by atoms with van der Waals surface area (Å²) in [5.41, 5.74) is 1.89. The van der Waals surface area contributed by atoms with Crippen molar-refractivity contribution in [1.29, 1.82) is 0 Å². The molecule has 0 spiro atoms. The first-order chi connectivity index (χ1) is 16.2. The number of thioether (sulfide) groups is 1. The summed E-state index contributed by atoms with van der Waals surface area (Å²) in [6.07, 6.45) is 0. The van der Waals surface area contributed by atoms with Gasteiger partial charge in [-0.3, -0.25) is 9.36 Å². The molecule has 0 aliphatic heterocycles. The second-order valence-electron chi connectivity index (χ2n) is 7.00. The predicted molar refractivity (Wildman–Crippen MR) is 134 cm³/mol. The molecule has 12 heteroatoms. The number of primary sulfonamides is 1. The number of aromatic nitrogens is 3. The van der Waals surface area contributed by atoms with E-state index in [-0.39, 0.29) is 16.6 Å². The van der Waals surface area contributed by atoms with Gasteiger partial charge in [-0.15, -0.1) is 10.2 Å². The first-order valence-corrected chi connectivity index (χ1v) is 13.0. The Morgan fingerprint density at radius 3 is 2.29 bits per heavy atom. The molecule has 0 unspecified atom stereocenters. The number of hydrogen-bond donors (Lipinski definition) is 2. The number of benzene rings is 3. The van der Waals surface area contributed by atoms with Gasteiger partial charge in [0.2, 0.25) is 15.9 Å². The van der Waals surface area contributed by atoms with Crippen LogP contribution in [0.25, 0.3) is 17.1 Å². The highest BCUT2D eigenvalue weighted by atomic mass is 35.5. The topological polar surface area (TPSA) is 120 Å². The van der Waals surface area contributed by atoms with E-state index in [1.54, 1.807) is 22.8 Å². The summed E-state index contributed by atoms with van der Waals surface area (Å²) in [7, 11) is -3.80. The summed E-state index contributed by atoms with van der Waals surface area (Å²) in [5, 5.41) is 18.0. The highest BCUT2D eigenvalue weighted by Crippen LogP contribution is 2.32. The van der Waals surface area contributed by atoms with E-state index in [2.05, 4.69) is 15.5 Å². The Kier molecular flexibility index (Phi) is 7.24. The lowest BCUT2D eigenvalue weighted by Crippen LogP contribution is -2.15. The molecule has 0 bridgehead atoms. The van der Waals surface area contributed by atoms with Crippen LogP contribution < -0.4 is 10.5 Å². The molecule has 0 aliphatic carbocycles. The minimum Gasteiger partial charge on any atom is -0.325 e. The fourth-order valence-electron chi connectivity index (χ4n) is 3.06. The molecular formula is C22H17Cl2N5O3S2. The van der Waals surface area contributed by atoms with E-state index in [0.717, 1.165) is 5.69 Å². The van der Waals surface area contributed by atoms with Crippen molar-refractivity contribution < 1.29 is 13.2 Å². The Bertz CT molecular complexity index is 1440. The second kappa shape index (κ2) is 10.2. The van der Waals surface area contributed by atoms with Crippen molar-refractivity contribution in [3.8, 4) is 17.1 Å². The summed E-state index contributed by atoms with van der Waals surface area (Å²) in [6.45, 7) is 0. The third kappa shape index (κ3) is 5.60. The van der Waals surface area contributed by atoms with Gasteiger partial charge in [0.05, 0.1) is 15.7 Å². The molecular weight excluding hydrogens is 517 g/mol. The standard InChI is InChI=1S/C22H17Cl2N5O3S2/c23-14-5-9-16(10-6-14)29-21(18-3-1-2-4-19(18)24)27-28-22(29)33-13-20(30)26-15-7-11-17(12-8-15)34(25,31)32/h1-12H,13H2,(H,26,30)(H2,25,31,32). The SMILES string of the molecule is NS(=O)(=O)c1ccc(NC(=O)CSc2nnc(-c3ccccc3Cl)n2-c2ccc(Cl)cc2)cc1. The van der Waals surface area contributed by atoms with Crippen LogP contribution in [0.15, 0.2) is 82.8 Å². The number of carbonyl (C=O) groups is 1. The van der Waals surface area contributed by atoms with Gasteiger partial charge in [-0.25, -0.2) is 13.6 Å². The number of amides is 1. The molecule has 3 aromatic carbocycles. The Hall–Kier alpha value is -2.89. The first kappa shape index (κ1) is 24.2. The van der Waals surface area contributed by atoms with Crippen LogP contribution in [-0.4, -0.2) is 34.8 Å². The Morgan fingerprint density at radius 2 is 1.65 bits per heavy atom. The van der Waals surface area contributed by atoms with Gasteiger partial charge in [0, 0.05) is 22.0 Å². The number of carbonyl (C=O) groups excluding carboxylic acids is 1. The summed E-state index contributed by atoms with van der Waals surface area (Å²) in [6, 6.07) is 20.0. The lowest BCUT2D eigenvalue weighted by Gasteiger charge is -2.11. The summed E-state index contributed by atoms with van der Waals surface area (Å²) in [4.78, 5) is 12.5. The highest BCUT2D eigenvalue weighted by Gasteiger charge is 2.19. The molecule has 0 radical (unpaired) electrons. The van der Waals surface area contributed by atoms with Crippen LogP contribution in [0.5, 0.6) is 0 Å². The van der Waals surface area contributed by atoms with Crippen LogP contribution in [0, 0.1) is 0 Å². The molecule has 8 nitrogen and oxygen atoms in total. The number of halogens is 2. The Labute approximate surface area is 210 Å². The molecule has 4 rings (SSSR count). The monoisotopic (exact) mass is 533 g/mol. The molecule has 0 atom stereocenters. The number of nitrogens with zero attached hydrogens (tertiary/aromatic N) is 3. The van der Waals surface area contributed by atoms with Gasteiger partial charge >= 0.3 is 0 Å². The number of nitrogens with two attached hydrogens (primary N) is 1. The van der Waals surface area contributed by atoms with E-state index >= 15 is 0 Å². The quantitative estimate of drug-likeness (QED) is 0.334. The minimum atomic E-state index is -3.80. The van der Waals surface area contributed by atoms with Crippen LogP contribution in [0.3, 0.4) is 0 Å². The van der Waals surface area contributed by atoms with Crippen molar-refractivity contribution in [2.75, 3.05) is 11.1 Å². The zero-order valence-electron chi connectivity index (χ0n) is 17.4. The van der Waals surface area contributed by atoms with E-state index in [0.29, 0.717) is 32.3 Å². The maximum absolute atomic E-state index is 12.5. The number of rotatable bonds is 7. The zero-order chi connectivity index (χ0) is 24.3. The average molecular weight is 534 g/mol. The van der Waals surface area contributed by atoms with Crippen LogP contribution in [0.1, 0.15) is 0 Å². The van der Waals surface area contributed by atoms with Crippen LogP contribution in [0.4, 0.5) is 5.69 Å². The number of hydrogen-bond acceptors (Lipinski definition) is 6. The van der Waals surface area contributed by atoms with E-state index < -0.39 is 10.0 Å². The molecule has 1 amide bonds. The summed E-state index contributed by atoms with van der Waals surface area (Å²) < 4.78 is 24.6. The fraction of sp³-hybridized carbons (Fsp3) is 0.0455. The first-order valence-electron chi connectivity index (χ1n) is 9.74. The lowest BCUT2D eigenvalue weighted by atomic mass is 10.2. The summed E-state index contributed by atoms with van der Waals surface area (Å²) in [5.74, 6) is 0.248. The van der Waals surface area contributed by atoms with Gasteiger partial charge in [-0.05, 0) is 60.7 Å². The predicted octanol–water partition coefficient (Wildman–Crippen LogP) is 4.62. The molecule has 3 N–H and O–H groups in total. The van der Waals surface area contributed by atoms with Crippen molar-refractivity contribution >= 4 is 56.6 Å². The van der Waals surface area contributed by atoms with Crippen molar-refractivity contribution in [1.82, 2.24) is 14.8 Å². The third-order valence-corrected chi connectivity index (χ3v) is 7.07. The average Bonchev–Trinajstić information content (AvgIpc) is 3.22. The molecule has 0 saturated heterocycles. The van der Waals surface area contributed by atoms with Crippen molar-refractivity contribution in [2.45, 2.75) is 10.1 Å². The second-order valence-corrected chi connectivity index (χ2v) is 10.4. The van der Waals surface area contributed by atoms with Crippen LogP contribution >= 0.6 is 35.0 Å². The van der Waals surface area contributed by atoms with Crippen molar-refractivity contribution in [3.63, 3.8) is 0 Å². The molecule has 174 valence electrons. The molecule has 1 heterocycles. The smallest absolute Gasteiger partial charge is 0.238 e. The van der Waals surface area contributed by atoms with E-state index in [1.165, 1.54) is 36.0 Å². The number of nitrogens with one attached hydrogen (secondary N) is 1. The highest BCUT2D eigenvalue weighted by molar-refractivity contribution is 7.99. The molecule has 4 aromatic rings. The Morgan fingerprint density at radius 1 is 0.971 bits per heavy atom. The largest absolute Gasteiger partial charge is 0.325 e. The van der Waals surface area contributed by atoms with Crippen LogP contribution in [0.2, 0.25) is 10.0 Å². The normalized spacial score (nSPS) is 11.4. The maximum Gasteiger partial charge on any atom is 0.238 e. The van der Waals surface area contributed by atoms with E-state index in [4.69, 9.17) is 28.3 Å². The van der Waals surface area contributed by atoms with Crippen molar-refractivity contribution in [2.24, 2.45) is 5.14 Å². The van der Waals surface area contributed by atoms with E-state index in [9.17, 15) is 13.2 Å².